The number of carbonyl (C=O) groups is 1. The first-order valence-electron chi connectivity index (χ1n) is 10.4. The number of benzene rings is 3. The topological polar surface area (TPSA) is 91.8 Å². The van der Waals surface area contributed by atoms with Crippen LogP contribution in [0.2, 0.25) is 0 Å². The summed E-state index contributed by atoms with van der Waals surface area (Å²) >= 11 is 2.33. The first-order valence-corrected chi connectivity index (χ1v) is 13.2. The first-order chi connectivity index (χ1) is 16.2. The van der Waals surface area contributed by atoms with E-state index < -0.39 is 15.7 Å². The van der Waals surface area contributed by atoms with Crippen LogP contribution in [0.5, 0.6) is 5.75 Å². The van der Waals surface area contributed by atoms with Crippen LogP contribution in [-0.4, -0.2) is 59.0 Å². The number of rotatable bonds is 5. The van der Waals surface area contributed by atoms with Gasteiger partial charge in [0.25, 0.3) is 0 Å². The van der Waals surface area contributed by atoms with Gasteiger partial charge in [-0.3, -0.25) is 0 Å². The number of hydrogen-bond acceptors (Lipinski definition) is 5. The Kier molecular flexibility index (Phi) is 5.38. The Morgan fingerprint density at radius 3 is 2.38 bits per heavy atom. The van der Waals surface area contributed by atoms with E-state index >= 15 is 0 Å². The maximum atomic E-state index is 13.6. The predicted octanol–water partition coefficient (Wildman–Crippen LogP) is 3.41. The fraction of sp³-hybridized carbons (Fsp3) is 0.120. The average Bonchev–Trinajstić information content (AvgIpc) is 3.37. The Morgan fingerprint density at radius 1 is 0.971 bits per heavy atom. The van der Waals surface area contributed by atoms with Crippen molar-refractivity contribution in [2.24, 2.45) is 4.99 Å². The standard InChI is InChI=1S/C25H20AsN3O4S/c1-29-23(30)25(28-24(29)26,19-7-9-21(10-8-19)33-34(2,31)32)20-5-3-4-16(15-20)17-6-11-22-18(14-17)12-13-27-22/h3-15,27H,1-2H3. The summed E-state index contributed by atoms with van der Waals surface area (Å²) < 4.78 is 28.5. The fourth-order valence-electron chi connectivity index (χ4n) is 4.23. The van der Waals surface area contributed by atoms with Crippen molar-refractivity contribution in [3.05, 3.63) is 90.1 Å². The van der Waals surface area contributed by atoms with Crippen molar-refractivity contribution in [3.8, 4) is 16.9 Å². The zero-order valence-corrected chi connectivity index (χ0v) is 21.1. The quantitative estimate of drug-likeness (QED) is 0.315. The molecule has 1 N–H and O–H groups in total. The molecular weight excluding hydrogens is 513 g/mol. The van der Waals surface area contributed by atoms with E-state index in [1.165, 1.54) is 17.0 Å². The number of aromatic amines is 1. The molecule has 34 heavy (non-hydrogen) atoms. The summed E-state index contributed by atoms with van der Waals surface area (Å²) in [7, 11) is -1.97. The molecular formula is C25H20AsN3O4S. The van der Waals surface area contributed by atoms with Gasteiger partial charge in [0.2, 0.25) is 0 Å². The van der Waals surface area contributed by atoms with E-state index in [0.717, 1.165) is 28.3 Å². The third kappa shape index (κ3) is 3.83. The molecule has 1 aliphatic rings. The van der Waals surface area contributed by atoms with Crippen LogP contribution in [0.3, 0.4) is 0 Å². The zero-order chi connectivity index (χ0) is 24.1. The first kappa shape index (κ1) is 22.4. The third-order valence-electron chi connectivity index (χ3n) is 5.87. The van der Waals surface area contributed by atoms with E-state index in [1.807, 2.05) is 48.7 Å². The molecule has 0 saturated heterocycles. The molecule has 2 heterocycles. The van der Waals surface area contributed by atoms with Crippen LogP contribution in [0.4, 0.5) is 0 Å². The molecule has 2 radical (unpaired) electrons. The van der Waals surface area contributed by atoms with Crippen molar-refractivity contribution >= 4 is 48.4 Å². The number of hydrogen-bond donors (Lipinski definition) is 1. The number of amidine groups is 1. The van der Waals surface area contributed by atoms with Crippen molar-refractivity contribution in [2.75, 3.05) is 13.3 Å². The number of H-pyrrole nitrogens is 1. The van der Waals surface area contributed by atoms with E-state index in [2.05, 4.69) is 27.9 Å². The van der Waals surface area contributed by atoms with Gasteiger partial charge in [0.15, 0.2) is 0 Å². The summed E-state index contributed by atoms with van der Waals surface area (Å²) in [4.78, 5) is 23.1. The number of nitrogens with zero attached hydrogens (tertiary/aromatic N) is 2. The van der Waals surface area contributed by atoms with E-state index in [4.69, 9.17) is 9.18 Å². The van der Waals surface area contributed by atoms with Gasteiger partial charge in [-0.25, -0.2) is 0 Å². The second-order valence-electron chi connectivity index (χ2n) is 8.16. The van der Waals surface area contributed by atoms with Gasteiger partial charge < -0.3 is 0 Å². The van der Waals surface area contributed by atoms with Crippen molar-refractivity contribution in [3.63, 3.8) is 0 Å². The molecule has 4 aromatic rings. The van der Waals surface area contributed by atoms with Crippen LogP contribution in [-0.2, 0) is 20.5 Å². The fourth-order valence-corrected chi connectivity index (χ4v) is 5.20. The third-order valence-corrected chi connectivity index (χ3v) is 7.20. The SMILES string of the molecule is CN1C(=O)C(c2ccc(OS(C)(=O)=O)cc2)(c2cccc(-c3ccc4[nH]ccc4c3)c2)N=C1[As]. The zero-order valence-electron chi connectivity index (χ0n) is 18.4. The summed E-state index contributed by atoms with van der Waals surface area (Å²) in [6, 6.07) is 22.4. The Labute approximate surface area is 206 Å². The normalized spacial score (nSPS) is 18.4. The van der Waals surface area contributed by atoms with Crippen LogP contribution in [0.25, 0.3) is 22.0 Å². The van der Waals surface area contributed by atoms with E-state index in [9.17, 15) is 13.2 Å². The molecule has 1 amide bonds. The molecule has 1 atom stereocenters. The molecule has 1 aliphatic heterocycles. The van der Waals surface area contributed by atoms with Gasteiger partial charge in [-0.15, -0.1) is 0 Å². The number of aromatic nitrogens is 1. The molecule has 5 rings (SSSR count). The van der Waals surface area contributed by atoms with E-state index in [0.29, 0.717) is 15.8 Å². The molecule has 0 spiro atoms. The minimum absolute atomic E-state index is 0.172. The van der Waals surface area contributed by atoms with Crippen LogP contribution in [0.15, 0.2) is 84.0 Å². The van der Waals surface area contributed by atoms with Gasteiger partial charge in [0.05, 0.1) is 0 Å². The Morgan fingerprint density at radius 2 is 1.71 bits per heavy atom. The Hall–Kier alpha value is -3.35. The van der Waals surface area contributed by atoms with Gasteiger partial charge in [-0.2, -0.15) is 0 Å². The molecule has 1 unspecified atom stereocenters. The van der Waals surface area contributed by atoms with Gasteiger partial charge in [0, 0.05) is 0 Å². The second-order valence-corrected chi connectivity index (χ2v) is 10.6. The van der Waals surface area contributed by atoms with Crippen molar-refractivity contribution in [1.82, 2.24) is 9.88 Å². The van der Waals surface area contributed by atoms with Gasteiger partial charge >= 0.3 is 207 Å². The molecule has 170 valence electrons. The van der Waals surface area contributed by atoms with Gasteiger partial charge in [-0.05, 0) is 0 Å². The maximum absolute atomic E-state index is 13.6. The predicted molar refractivity (Wildman–Crippen MR) is 132 cm³/mol. The molecule has 0 saturated carbocycles. The molecule has 7 nitrogen and oxygen atoms in total. The molecule has 0 fully saturated rings. The summed E-state index contributed by atoms with van der Waals surface area (Å²) in [5.74, 6) is -0.0246. The molecule has 3 aromatic carbocycles. The van der Waals surface area contributed by atoms with E-state index in [-0.39, 0.29) is 11.7 Å². The summed E-state index contributed by atoms with van der Waals surface area (Å²) in [5.41, 5.74) is 3.07. The summed E-state index contributed by atoms with van der Waals surface area (Å²) in [6.45, 7) is 0. The number of likely N-dealkylation sites (N-methyl/N-ethyl adjacent to an activating group) is 1. The number of carbonyl (C=O) groups excluding carboxylic acids is 1. The number of fused-ring (bicyclic) bond motifs is 1. The van der Waals surface area contributed by atoms with Crippen LogP contribution >= 0.6 is 0 Å². The second kappa shape index (κ2) is 8.15. The molecule has 9 heteroatoms. The molecule has 1 aromatic heterocycles. The van der Waals surface area contributed by atoms with Crippen molar-refractivity contribution in [2.45, 2.75) is 5.54 Å². The molecule has 0 aliphatic carbocycles. The van der Waals surface area contributed by atoms with Gasteiger partial charge in [0.1, 0.15) is 0 Å². The number of amides is 1. The van der Waals surface area contributed by atoms with Crippen molar-refractivity contribution in [1.29, 1.82) is 0 Å². The van der Waals surface area contributed by atoms with Crippen LogP contribution in [0, 0.1) is 0 Å². The van der Waals surface area contributed by atoms with Crippen LogP contribution < -0.4 is 4.18 Å². The van der Waals surface area contributed by atoms with Gasteiger partial charge in [-0.1, -0.05) is 0 Å². The van der Waals surface area contributed by atoms with Crippen molar-refractivity contribution < 1.29 is 17.4 Å². The minimum atomic E-state index is -3.66. The number of nitrogens with one attached hydrogen (secondary N) is 1. The van der Waals surface area contributed by atoms with Crippen LogP contribution in [0.1, 0.15) is 11.1 Å². The summed E-state index contributed by atoms with van der Waals surface area (Å²) in [5, 5.41) is 1.10. The Bertz CT molecular complexity index is 1560. The molecule has 0 bridgehead atoms. The average molecular weight is 533 g/mol. The van der Waals surface area contributed by atoms with E-state index in [1.54, 1.807) is 19.2 Å². The summed E-state index contributed by atoms with van der Waals surface area (Å²) in [6.07, 6.45) is 2.89. The monoisotopic (exact) mass is 533 g/mol. The Balaban J connectivity index is 1.64. The number of aliphatic imine (C=N–C) groups is 1.